The van der Waals surface area contributed by atoms with E-state index in [1.807, 2.05) is 90.1 Å². The number of anilines is 1. The van der Waals surface area contributed by atoms with Gasteiger partial charge in [-0.2, -0.15) is 5.10 Å². The van der Waals surface area contributed by atoms with Gasteiger partial charge in [-0.05, 0) is 90.1 Å². The van der Waals surface area contributed by atoms with Crippen LogP contribution >= 0.6 is 0 Å². The van der Waals surface area contributed by atoms with Crippen molar-refractivity contribution < 1.29 is 28.7 Å². The van der Waals surface area contributed by atoms with Gasteiger partial charge in [-0.25, -0.2) is 9.50 Å². The molecule has 1 saturated heterocycles. The number of benzene rings is 2. The van der Waals surface area contributed by atoms with E-state index in [0.29, 0.717) is 62.5 Å². The highest BCUT2D eigenvalue weighted by Crippen LogP contribution is 2.31. The third kappa shape index (κ3) is 14.8. The second-order valence-electron chi connectivity index (χ2n) is 20.5. The van der Waals surface area contributed by atoms with Crippen LogP contribution in [0.5, 0.6) is 5.75 Å². The van der Waals surface area contributed by atoms with Crippen LogP contribution in [-0.2, 0) is 19.2 Å². The standard InChI is InChI=1S/C54H79N11O6/c1-10-43(39-20-16-15-17-21-39)60-51(68)44-31-40(34-64(44)53(70)48(54(6,7)8)62-50(67)38(5)55-9)56-26-19-14-12-11-13-18-22-47(66)57-27-29-63-33-36(3)71-45-24-23-35(2)30-41(45)37(4)59-46-25-28-65-49(61-46)42(32-58-65)52(63)69/h15-17,20-21,23-25,28,30,32,36-38,40,43-44,48,55-56H,10-14,18-19,22,26-27,29,31,33-34H2,1-9H3,(H,57,66)(H,59,61)(H,60,68)(H,62,67)/t36-,37+,38-,40-,43+,44-,48+/m0/s1. The number of nitrogens with zero attached hydrogens (tertiary/aromatic N) is 5. The van der Waals surface area contributed by atoms with E-state index < -0.39 is 23.5 Å². The van der Waals surface area contributed by atoms with E-state index in [2.05, 4.69) is 50.0 Å². The molecule has 0 unspecified atom stereocenters. The molecule has 0 spiro atoms. The summed E-state index contributed by atoms with van der Waals surface area (Å²) in [6.07, 6.45) is 10.2. The Labute approximate surface area is 420 Å². The predicted octanol–water partition coefficient (Wildman–Crippen LogP) is 6.25. The lowest BCUT2D eigenvalue weighted by atomic mass is 9.85. The highest BCUT2D eigenvalue weighted by Gasteiger charge is 2.45. The molecule has 6 N–H and O–H groups in total. The Morgan fingerprint density at radius 3 is 2.38 bits per heavy atom. The topological polar surface area (TPSA) is 203 Å². The number of carbonyl (C=O) groups excluding carboxylic acids is 5. The Kier molecular flexibility index (Phi) is 19.4. The molecular weight excluding hydrogens is 899 g/mol. The first-order chi connectivity index (χ1) is 34.0. The molecule has 1 fully saturated rings. The van der Waals surface area contributed by atoms with Crippen LogP contribution in [0.4, 0.5) is 5.82 Å². The summed E-state index contributed by atoms with van der Waals surface area (Å²) < 4.78 is 8.06. The summed E-state index contributed by atoms with van der Waals surface area (Å²) >= 11 is 0. The molecule has 17 nitrogen and oxygen atoms in total. The van der Waals surface area contributed by atoms with Crippen molar-refractivity contribution in [2.75, 3.05) is 45.1 Å². The Morgan fingerprint density at radius 1 is 0.930 bits per heavy atom. The smallest absolute Gasteiger partial charge is 0.259 e. The molecule has 386 valence electrons. The number of fused-ring (bicyclic) bond motifs is 2. The summed E-state index contributed by atoms with van der Waals surface area (Å²) in [4.78, 5) is 76.7. The van der Waals surface area contributed by atoms with Crippen LogP contribution in [0.25, 0.3) is 5.65 Å². The number of amides is 5. The summed E-state index contributed by atoms with van der Waals surface area (Å²) in [5, 5.41) is 23.7. The molecule has 71 heavy (non-hydrogen) atoms. The lowest BCUT2D eigenvalue weighted by Gasteiger charge is -2.36. The quantitative estimate of drug-likeness (QED) is 0.0516. The molecule has 17 heteroatoms. The van der Waals surface area contributed by atoms with Crippen molar-refractivity contribution in [3.8, 4) is 5.75 Å². The number of rotatable bonds is 21. The molecule has 0 aliphatic carbocycles. The van der Waals surface area contributed by atoms with Gasteiger partial charge in [0.25, 0.3) is 5.91 Å². The van der Waals surface area contributed by atoms with Crippen molar-refractivity contribution in [2.45, 2.75) is 156 Å². The molecule has 2 aliphatic rings. The van der Waals surface area contributed by atoms with Crippen LogP contribution in [-0.4, -0.2) is 124 Å². The highest BCUT2D eigenvalue weighted by molar-refractivity contribution is 6.00. The first-order valence-electron chi connectivity index (χ1n) is 25.8. The first-order valence-corrected chi connectivity index (χ1v) is 25.8. The van der Waals surface area contributed by atoms with E-state index in [-0.39, 0.29) is 53.8 Å². The van der Waals surface area contributed by atoms with Gasteiger partial charge in [0, 0.05) is 43.9 Å². The van der Waals surface area contributed by atoms with Crippen LogP contribution in [0.15, 0.2) is 67.0 Å². The predicted molar refractivity (Wildman–Crippen MR) is 277 cm³/mol. The minimum atomic E-state index is -0.821. The maximum atomic E-state index is 14.4. The maximum Gasteiger partial charge on any atom is 0.259 e. The fourth-order valence-electron chi connectivity index (χ4n) is 9.43. The Bertz CT molecular complexity index is 2420. The molecule has 4 heterocycles. The summed E-state index contributed by atoms with van der Waals surface area (Å²) in [5.41, 5.74) is 3.35. The van der Waals surface area contributed by atoms with Crippen LogP contribution in [0.1, 0.15) is 145 Å². The molecule has 0 radical (unpaired) electrons. The molecule has 2 aromatic carbocycles. The van der Waals surface area contributed by atoms with Gasteiger partial charge in [0.15, 0.2) is 5.65 Å². The monoisotopic (exact) mass is 978 g/mol. The number of ether oxygens (including phenoxy) is 1. The van der Waals surface area contributed by atoms with Crippen molar-refractivity contribution in [1.29, 1.82) is 0 Å². The lowest BCUT2D eigenvalue weighted by molar-refractivity contribution is -0.144. The number of likely N-dealkylation sites (tertiary alicyclic amines) is 1. The molecule has 2 aromatic heterocycles. The molecule has 0 saturated carbocycles. The van der Waals surface area contributed by atoms with E-state index in [9.17, 15) is 24.0 Å². The molecule has 2 bridgehead atoms. The van der Waals surface area contributed by atoms with Gasteiger partial charge in [0.1, 0.15) is 35.3 Å². The molecule has 6 rings (SSSR count). The first kappa shape index (κ1) is 54.3. The zero-order chi connectivity index (χ0) is 51.2. The van der Waals surface area contributed by atoms with E-state index in [4.69, 9.17) is 9.72 Å². The Balaban J connectivity index is 0.946. The average molecular weight is 978 g/mol. The number of hydrogen-bond acceptors (Lipinski definition) is 11. The lowest BCUT2D eigenvalue weighted by Crippen LogP contribution is -2.59. The normalized spacial score (nSPS) is 19.6. The van der Waals surface area contributed by atoms with E-state index in [1.165, 1.54) is 0 Å². The number of unbranched alkanes of at least 4 members (excludes halogenated alkanes) is 5. The Hall–Kier alpha value is -6.07. The largest absolute Gasteiger partial charge is 0.489 e. The van der Waals surface area contributed by atoms with Crippen molar-refractivity contribution in [3.63, 3.8) is 0 Å². The molecule has 4 aromatic rings. The SMILES string of the molecule is CC[C@@H](NC(=O)[C@@H]1C[C@H](NCCCCCCCCC(=O)NCCN2C[C@H](C)Oc3ccc(C)cc3[C@@H](C)Nc3ccn4ncc(c4n3)C2=O)CN1C(=O)[C@@H](NC(=O)[C@H](C)NC)C(C)(C)C)c1ccccc1. The van der Waals surface area contributed by atoms with Crippen molar-refractivity contribution in [3.05, 3.63) is 89.2 Å². The van der Waals surface area contributed by atoms with Crippen LogP contribution in [0.2, 0.25) is 0 Å². The van der Waals surface area contributed by atoms with Gasteiger partial charge >= 0.3 is 0 Å². The van der Waals surface area contributed by atoms with E-state index in [0.717, 1.165) is 67.5 Å². The molecule has 5 amide bonds. The fraction of sp³-hybridized carbons (Fsp3) is 0.574. The number of nitrogens with one attached hydrogen (secondary N) is 6. The zero-order valence-corrected chi connectivity index (χ0v) is 43.5. The third-order valence-electron chi connectivity index (χ3n) is 13.7. The number of aromatic nitrogens is 3. The van der Waals surface area contributed by atoms with Gasteiger partial charge < -0.3 is 46.4 Å². The maximum absolute atomic E-state index is 14.4. The minimum absolute atomic E-state index is 0.0477. The molecule has 7 atom stereocenters. The van der Waals surface area contributed by atoms with Gasteiger partial charge in [0.05, 0.1) is 30.9 Å². The zero-order valence-electron chi connectivity index (χ0n) is 43.5. The van der Waals surface area contributed by atoms with Crippen molar-refractivity contribution >= 4 is 41.0 Å². The summed E-state index contributed by atoms with van der Waals surface area (Å²) in [5.74, 6) is 0.351. The van der Waals surface area contributed by atoms with Crippen molar-refractivity contribution in [1.82, 2.24) is 51.0 Å². The second kappa shape index (κ2) is 25.4. The summed E-state index contributed by atoms with van der Waals surface area (Å²) in [7, 11) is 1.70. The summed E-state index contributed by atoms with van der Waals surface area (Å²) in [6.45, 7) is 17.6. The van der Waals surface area contributed by atoms with Crippen LogP contribution in [0, 0.1) is 12.3 Å². The van der Waals surface area contributed by atoms with Crippen LogP contribution < -0.4 is 36.6 Å². The summed E-state index contributed by atoms with van der Waals surface area (Å²) in [6, 6.07) is 15.4. The Morgan fingerprint density at radius 2 is 1.66 bits per heavy atom. The number of hydrogen-bond donors (Lipinski definition) is 6. The minimum Gasteiger partial charge on any atom is -0.489 e. The highest BCUT2D eigenvalue weighted by atomic mass is 16.5. The van der Waals surface area contributed by atoms with E-state index >= 15 is 0 Å². The number of aryl methyl sites for hydroxylation is 1. The fourth-order valence-corrected chi connectivity index (χ4v) is 9.43. The van der Waals surface area contributed by atoms with Gasteiger partial charge in [0.2, 0.25) is 23.6 Å². The van der Waals surface area contributed by atoms with Gasteiger partial charge in [-0.3, -0.25) is 24.0 Å². The van der Waals surface area contributed by atoms with Gasteiger partial charge in [-0.15, -0.1) is 0 Å². The number of carbonyl (C=O) groups is 5. The van der Waals surface area contributed by atoms with Crippen molar-refractivity contribution in [2.24, 2.45) is 5.41 Å². The third-order valence-corrected chi connectivity index (χ3v) is 13.7. The molecule has 2 aliphatic heterocycles. The average Bonchev–Trinajstić information content (AvgIpc) is 3.98. The van der Waals surface area contributed by atoms with E-state index in [1.54, 1.807) is 40.7 Å². The molecular formula is C54H79N11O6. The number of likely N-dealkylation sites (N-methyl/N-ethyl adjacent to an activating group) is 1. The van der Waals surface area contributed by atoms with Gasteiger partial charge in [-0.1, -0.05) is 101 Å². The second-order valence-corrected chi connectivity index (χ2v) is 20.5. The van der Waals surface area contributed by atoms with Crippen LogP contribution in [0.3, 0.4) is 0 Å².